The number of aliphatic hydroxyl groups excluding tert-OH is 1. The number of nitro groups is 1. The third kappa shape index (κ3) is 2.58. The number of amides is 1. The van der Waals surface area contributed by atoms with Crippen LogP contribution < -0.4 is 0 Å². The molecule has 1 unspecified atom stereocenters. The van der Waals surface area contributed by atoms with Crippen molar-refractivity contribution in [2.24, 2.45) is 5.92 Å². The fourth-order valence-corrected chi connectivity index (χ4v) is 2.39. The zero-order valence-electron chi connectivity index (χ0n) is 10.7. The van der Waals surface area contributed by atoms with E-state index in [9.17, 15) is 14.9 Å². The number of nitrogens with zero attached hydrogens (tertiary/aromatic N) is 2. The number of likely N-dealkylation sites (tertiary alicyclic amines) is 1. The Bertz CT molecular complexity index is 515. The molecule has 6 heteroatoms. The maximum atomic E-state index is 12.3. The summed E-state index contributed by atoms with van der Waals surface area (Å²) in [6.45, 7) is 2.76. The molecule has 0 bridgehead atoms. The summed E-state index contributed by atoms with van der Waals surface area (Å²) in [6.07, 6.45) is 0.774. The summed E-state index contributed by atoms with van der Waals surface area (Å²) in [5, 5.41) is 19.9. The van der Waals surface area contributed by atoms with Crippen LogP contribution in [0.4, 0.5) is 5.69 Å². The van der Waals surface area contributed by atoms with Gasteiger partial charge in [0.2, 0.25) is 0 Å². The SMILES string of the molecule is Cc1c(C(=O)N2CCC(CO)C2)cccc1[N+](=O)[O-]. The van der Waals surface area contributed by atoms with Crippen LogP contribution in [0.3, 0.4) is 0 Å². The summed E-state index contributed by atoms with van der Waals surface area (Å²) in [5.41, 5.74) is 0.724. The minimum Gasteiger partial charge on any atom is -0.396 e. The minimum atomic E-state index is -0.480. The summed E-state index contributed by atoms with van der Waals surface area (Å²) >= 11 is 0. The summed E-state index contributed by atoms with van der Waals surface area (Å²) in [6, 6.07) is 4.53. The zero-order chi connectivity index (χ0) is 14.0. The lowest BCUT2D eigenvalue weighted by atomic mass is 10.1. The van der Waals surface area contributed by atoms with Crippen molar-refractivity contribution in [2.45, 2.75) is 13.3 Å². The molecule has 1 fully saturated rings. The first-order valence-electron chi connectivity index (χ1n) is 6.18. The number of aliphatic hydroxyl groups is 1. The summed E-state index contributed by atoms with van der Waals surface area (Å²) in [7, 11) is 0. The third-order valence-corrected chi connectivity index (χ3v) is 3.56. The Hall–Kier alpha value is -1.95. The molecule has 19 heavy (non-hydrogen) atoms. The first-order chi connectivity index (χ1) is 9.04. The first kappa shape index (κ1) is 13.5. The second-order valence-electron chi connectivity index (χ2n) is 4.80. The van der Waals surface area contributed by atoms with Gasteiger partial charge in [-0.1, -0.05) is 6.07 Å². The Kier molecular flexibility index (Phi) is 3.80. The van der Waals surface area contributed by atoms with Crippen LogP contribution >= 0.6 is 0 Å². The molecule has 1 N–H and O–H groups in total. The van der Waals surface area contributed by atoms with Crippen LogP contribution in [-0.4, -0.2) is 40.5 Å². The molecule has 1 atom stereocenters. The van der Waals surface area contributed by atoms with E-state index in [4.69, 9.17) is 5.11 Å². The van der Waals surface area contributed by atoms with Gasteiger partial charge in [0.05, 0.1) is 4.92 Å². The highest BCUT2D eigenvalue weighted by Gasteiger charge is 2.28. The van der Waals surface area contributed by atoms with E-state index >= 15 is 0 Å². The van der Waals surface area contributed by atoms with Crippen LogP contribution in [0.15, 0.2) is 18.2 Å². The Morgan fingerprint density at radius 1 is 1.58 bits per heavy atom. The lowest BCUT2D eigenvalue weighted by Crippen LogP contribution is -2.29. The van der Waals surface area contributed by atoms with Gasteiger partial charge in [-0.15, -0.1) is 0 Å². The number of rotatable bonds is 3. The van der Waals surface area contributed by atoms with Crippen LogP contribution in [0.25, 0.3) is 0 Å². The van der Waals surface area contributed by atoms with Gasteiger partial charge >= 0.3 is 0 Å². The maximum Gasteiger partial charge on any atom is 0.273 e. The van der Waals surface area contributed by atoms with Gasteiger partial charge < -0.3 is 10.0 Å². The highest BCUT2D eigenvalue weighted by atomic mass is 16.6. The van der Waals surface area contributed by atoms with Crippen molar-refractivity contribution in [2.75, 3.05) is 19.7 Å². The van der Waals surface area contributed by atoms with Gasteiger partial charge in [0.25, 0.3) is 11.6 Å². The molecule has 1 aromatic carbocycles. The molecular weight excluding hydrogens is 248 g/mol. The minimum absolute atomic E-state index is 0.0382. The molecule has 1 saturated heterocycles. The lowest BCUT2D eigenvalue weighted by Gasteiger charge is -2.17. The number of nitro benzene ring substituents is 1. The largest absolute Gasteiger partial charge is 0.396 e. The van der Waals surface area contributed by atoms with E-state index in [1.165, 1.54) is 12.1 Å². The van der Waals surface area contributed by atoms with Crippen LogP contribution in [0, 0.1) is 23.0 Å². The van der Waals surface area contributed by atoms with Gasteiger partial charge in [-0.05, 0) is 19.4 Å². The standard InChI is InChI=1S/C13H16N2O4/c1-9-11(3-2-4-12(9)15(18)19)13(17)14-6-5-10(7-14)8-16/h2-4,10,16H,5-8H2,1H3. The van der Waals surface area contributed by atoms with Crippen LogP contribution in [0.5, 0.6) is 0 Å². The molecule has 0 spiro atoms. The molecule has 1 aromatic rings. The number of carbonyl (C=O) groups is 1. The summed E-state index contributed by atoms with van der Waals surface area (Å²) < 4.78 is 0. The molecule has 6 nitrogen and oxygen atoms in total. The van der Waals surface area contributed by atoms with E-state index in [-0.39, 0.29) is 24.1 Å². The normalized spacial score (nSPS) is 18.6. The molecule has 1 amide bonds. The molecule has 0 aliphatic carbocycles. The molecule has 102 valence electrons. The third-order valence-electron chi connectivity index (χ3n) is 3.56. The fourth-order valence-electron chi connectivity index (χ4n) is 2.39. The molecule has 1 aliphatic heterocycles. The average Bonchev–Trinajstić information content (AvgIpc) is 2.86. The van der Waals surface area contributed by atoms with E-state index in [0.29, 0.717) is 24.2 Å². The van der Waals surface area contributed by atoms with Crippen LogP contribution in [0.1, 0.15) is 22.3 Å². The second-order valence-corrected chi connectivity index (χ2v) is 4.80. The number of hydrogen-bond donors (Lipinski definition) is 1. The lowest BCUT2D eigenvalue weighted by molar-refractivity contribution is -0.385. The van der Waals surface area contributed by atoms with Crippen molar-refractivity contribution in [3.8, 4) is 0 Å². The van der Waals surface area contributed by atoms with E-state index in [2.05, 4.69) is 0 Å². The highest BCUT2D eigenvalue weighted by Crippen LogP contribution is 2.24. The second kappa shape index (κ2) is 5.36. The van der Waals surface area contributed by atoms with E-state index < -0.39 is 4.92 Å². The topological polar surface area (TPSA) is 83.7 Å². The van der Waals surface area contributed by atoms with Gasteiger partial charge in [0, 0.05) is 42.8 Å². The van der Waals surface area contributed by atoms with Crippen molar-refractivity contribution in [3.05, 3.63) is 39.4 Å². The predicted molar refractivity (Wildman–Crippen MR) is 68.9 cm³/mol. The molecule has 1 aliphatic rings. The molecule has 0 radical (unpaired) electrons. The van der Waals surface area contributed by atoms with Crippen molar-refractivity contribution < 1.29 is 14.8 Å². The van der Waals surface area contributed by atoms with Gasteiger partial charge in [-0.3, -0.25) is 14.9 Å². The molecule has 0 aromatic heterocycles. The Balaban J connectivity index is 2.25. The first-order valence-corrected chi connectivity index (χ1v) is 6.18. The van der Waals surface area contributed by atoms with Crippen LogP contribution in [-0.2, 0) is 0 Å². The van der Waals surface area contributed by atoms with Crippen molar-refractivity contribution >= 4 is 11.6 Å². The van der Waals surface area contributed by atoms with E-state index in [0.717, 1.165) is 6.42 Å². The Morgan fingerprint density at radius 3 is 2.89 bits per heavy atom. The van der Waals surface area contributed by atoms with Gasteiger partial charge in [-0.25, -0.2) is 0 Å². The number of hydrogen-bond acceptors (Lipinski definition) is 4. The number of benzene rings is 1. The fraction of sp³-hybridized carbons (Fsp3) is 0.462. The van der Waals surface area contributed by atoms with Crippen molar-refractivity contribution in [3.63, 3.8) is 0 Å². The van der Waals surface area contributed by atoms with E-state index in [1.807, 2.05) is 0 Å². The summed E-state index contributed by atoms with van der Waals surface area (Å²) in [4.78, 5) is 24.4. The van der Waals surface area contributed by atoms with Gasteiger partial charge in [0.1, 0.15) is 0 Å². The highest BCUT2D eigenvalue weighted by molar-refractivity contribution is 5.96. The predicted octanol–water partition coefficient (Wildman–Crippen LogP) is 1.36. The Labute approximate surface area is 110 Å². The zero-order valence-corrected chi connectivity index (χ0v) is 10.7. The smallest absolute Gasteiger partial charge is 0.273 e. The van der Waals surface area contributed by atoms with E-state index in [1.54, 1.807) is 17.9 Å². The monoisotopic (exact) mass is 264 g/mol. The van der Waals surface area contributed by atoms with Gasteiger partial charge in [-0.2, -0.15) is 0 Å². The van der Waals surface area contributed by atoms with Crippen LogP contribution in [0.2, 0.25) is 0 Å². The summed E-state index contributed by atoms with van der Waals surface area (Å²) in [5.74, 6) is -0.0832. The quantitative estimate of drug-likeness (QED) is 0.660. The Morgan fingerprint density at radius 2 is 2.32 bits per heavy atom. The molecule has 1 heterocycles. The van der Waals surface area contributed by atoms with Gasteiger partial charge in [0.15, 0.2) is 0 Å². The van der Waals surface area contributed by atoms with Crippen molar-refractivity contribution in [1.82, 2.24) is 4.90 Å². The molecule has 2 rings (SSSR count). The maximum absolute atomic E-state index is 12.3. The number of carbonyl (C=O) groups excluding carboxylic acids is 1. The molecule has 0 saturated carbocycles. The molecular formula is C13H16N2O4. The average molecular weight is 264 g/mol. The van der Waals surface area contributed by atoms with Crippen molar-refractivity contribution in [1.29, 1.82) is 0 Å².